The molecule has 0 saturated heterocycles. The van der Waals surface area contributed by atoms with Gasteiger partial charge < -0.3 is 10.0 Å². The SMILES string of the molecule is C[C@@H](c1ccccc1[C@H](O)C(F)(F)F)N(C)C. The van der Waals surface area contributed by atoms with Crippen molar-refractivity contribution in [3.8, 4) is 0 Å². The standard InChI is InChI=1S/C12H16F3NO/c1-8(16(2)3)9-6-4-5-7-10(9)11(17)12(13,14)15/h4-8,11,17H,1-3H3/t8-,11-/m0/s1. The molecule has 2 nitrogen and oxygen atoms in total. The molecule has 0 radical (unpaired) electrons. The number of alkyl halides is 3. The summed E-state index contributed by atoms with van der Waals surface area (Å²) in [5.41, 5.74) is 0.406. The van der Waals surface area contributed by atoms with Gasteiger partial charge in [-0.25, -0.2) is 0 Å². The van der Waals surface area contributed by atoms with E-state index in [2.05, 4.69) is 0 Å². The average Bonchev–Trinajstić information content (AvgIpc) is 2.25. The highest BCUT2D eigenvalue weighted by atomic mass is 19.4. The van der Waals surface area contributed by atoms with Crippen molar-refractivity contribution in [2.75, 3.05) is 14.1 Å². The van der Waals surface area contributed by atoms with Crippen molar-refractivity contribution < 1.29 is 18.3 Å². The van der Waals surface area contributed by atoms with Crippen LogP contribution < -0.4 is 0 Å². The van der Waals surface area contributed by atoms with Crippen LogP contribution in [0.4, 0.5) is 13.2 Å². The second-order valence-electron chi connectivity index (χ2n) is 4.21. The Kier molecular flexibility index (Phi) is 4.16. The van der Waals surface area contributed by atoms with Crippen LogP contribution in [0.3, 0.4) is 0 Å². The average molecular weight is 247 g/mol. The van der Waals surface area contributed by atoms with E-state index in [0.717, 1.165) is 0 Å². The fourth-order valence-electron chi connectivity index (χ4n) is 1.59. The number of hydrogen-bond acceptors (Lipinski definition) is 2. The summed E-state index contributed by atoms with van der Waals surface area (Å²) >= 11 is 0. The third-order valence-electron chi connectivity index (χ3n) is 2.83. The summed E-state index contributed by atoms with van der Waals surface area (Å²) in [4.78, 5) is 1.79. The summed E-state index contributed by atoms with van der Waals surface area (Å²) in [5, 5.41) is 9.33. The lowest BCUT2D eigenvalue weighted by Crippen LogP contribution is -2.24. The van der Waals surface area contributed by atoms with Crippen LogP contribution in [0.15, 0.2) is 24.3 Å². The number of rotatable bonds is 3. The van der Waals surface area contributed by atoms with Gasteiger partial charge in [-0.3, -0.25) is 0 Å². The molecule has 2 atom stereocenters. The van der Waals surface area contributed by atoms with Crippen LogP contribution in [-0.2, 0) is 0 Å². The smallest absolute Gasteiger partial charge is 0.379 e. The molecule has 1 aromatic rings. The highest BCUT2D eigenvalue weighted by Crippen LogP contribution is 2.36. The van der Waals surface area contributed by atoms with Crippen LogP contribution in [0.2, 0.25) is 0 Å². The molecule has 1 N–H and O–H groups in total. The molecule has 0 aliphatic heterocycles. The number of aliphatic hydroxyl groups is 1. The fourth-order valence-corrected chi connectivity index (χ4v) is 1.59. The Morgan fingerprint density at radius 2 is 1.59 bits per heavy atom. The van der Waals surface area contributed by atoms with Gasteiger partial charge in [-0.05, 0) is 32.1 Å². The van der Waals surface area contributed by atoms with Gasteiger partial charge in [0.05, 0.1) is 0 Å². The summed E-state index contributed by atoms with van der Waals surface area (Å²) < 4.78 is 37.5. The van der Waals surface area contributed by atoms with Gasteiger partial charge in [0.25, 0.3) is 0 Å². The van der Waals surface area contributed by atoms with E-state index >= 15 is 0 Å². The maximum atomic E-state index is 12.5. The minimum Gasteiger partial charge on any atom is -0.379 e. The van der Waals surface area contributed by atoms with Crippen molar-refractivity contribution in [3.05, 3.63) is 35.4 Å². The Labute approximate surface area is 98.7 Å². The molecule has 0 aromatic heterocycles. The minimum absolute atomic E-state index is 0.0822. The summed E-state index contributed by atoms with van der Waals surface area (Å²) in [7, 11) is 3.56. The van der Waals surface area contributed by atoms with Gasteiger partial charge in [-0.2, -0.15) is 13.2 Å². The van der Waals surface area contributed by atoms with E-state index in [0.29, 0.717) is 5.56 Å². The van der Waals surface area contributed by atoms with Crippen molar-refractivity contribution >= 4 is 0 Å². The Morgan fingerprint density at radius 3 is 2.00 bits per heavy atom. The molecular formula is C12H16F3NO. The lowest BCUT2D eigenvalue weighted by molar-refractivity contribution is -0.207. The van der Waals surface area contributed by atoms with Gasteiger partial charge >= 0.3 is 6.18 Å². The molecule has 1 aromatic carbocycles. The third kappa shape index (κ3) is 3.20. The van der Waals surface area contributed by atoms with Gasteiger partial charge in [0.1, 0.15) is 0 Å². The van der Waals surface area contributed by atoms with Crippen LogP contribution >= 0.6 is 0 Å². The van der Waals surface area contributed by atoms with Crippen LogP contribution in [0, 0.1) is 0 Å². The zero-order chi connectivity index (χ0) is 13.2. The molecule has 0 aliphatic carbocycles. The Bertz CT molecular complexity index is 376. The second-order valence-corrected chi connectivity index (χ2v) is 4.21. The zero-order valence-electron chi connectivity index (χ0n) is 9.99. The predicted octanol–water partition coefficient (Wildman–Crippen LogP) is 2.90. The zero-order valence-corrected chi connectivity index (χ0v) is 9.99. The van der Waals surface area contributed by atoms with Crippen molar-refractivity contribution in [2.24, 2.45) is 0 Å². The quantitative estimate of drug-likeness (QED) is 0.887. The number of nitrogens with zero attached hydrogens (tertiary/aromatic N) is 1. The molecule has 96 valence electrons. The van der Waals surface area contributed by atoms with E-state index < -0.39 is 12.3 Å². The molecule has 1 rings (SSSR count). The summed E-state index contributed by atoms with van der Waals surface area (Å²) in [5.74, 6) is 0. The highest BCUT2D eigenvalue weighted by Gasteiger charge is 2.40. The van der Waals surface area contributed by atoms with E-state index in [4.69, 9.17) is 0 Å². The van der Waals surface area contributed by atoms with E-state index in [9.17, 15) is 18.3 Å². The third-order valence-corrected chi connectivity index (χ3v) is 2.83. The maximum absolute atomic E-state index is 12.5. The number of benzene rings is 1. The topological polar surface area (TPSA) is 23.5 Å². The molecule has 0 unspecified atom stereocenters. The molecule has 0 amide bonds. The van der Waals surface area contributed by atoms with Crippen molar-refractivity contribution in [2.45, 2.75) is 25.2 Å². The largest absolute Gasteiger partial charge is 0.418 e. The van der Waals surface area contributed by atoms with Crippen LogP contribution in [0.1, 0.15) is 30.2 Å². The molecule has 0 spiro atoms. The summed E-state index contributed by atoms with van der Waals surface area (Å²) in [6.07, 6.45) is -7.07. The molecule has 0 bridgehead atoms. The van der Waals surface area contributed by atoms with Gasteiger partial charge in [0.2, 0.25) is 0 Å². The highest BCUT2D eigenvalue weighted by molar-refractivity contribution is 5.32. The normalized spacial score (nSPS) is 16.0. The Balaban J connectivity index is 3.17. The molecule has 0 aliphatic rings. The van der Waals surface area contributed by atoms with Gasteiger partial charge in [0.15, 0.2) is 6.10 Å². The first-order valence-electron chi connectivity index (χ1n) is 5.25. The molecule has 17 heavy (non-hydrogen) atoms. The monoisotopic (exact) mass is 247 g/mol. The second kappa shape index (κ2) is 5.06. The van der Waals surface area contributed by atoms with Crippen molar-refractivity contribution in [1.29, 1.82) is 0 Å². The Hall–Kier alpha value is -1.07. The predicted molar refractivity (Wildman–Crippen MR) is 59.6 cm³/mol. The van der Waals surface area contributed by atoms with Gasteiger partial charge in [-0.15, -0.1) is 0 Å². The van der Waals surface area contributed by atoms with E-state index in [1.54, 1.807) is 38.1 Å². The molecule has 0 saturated carbocycles. The molecular weight excluding hydrogens is 231 g/mol. The van der Waals surface area contributed by atoms with E-state index in [-0.39, 0.29) is 11.6 Å². The van der Waals surface area contributed by atoms with Gasteiger partial charge in [0, 0.05) is 6.04 Å². The van der Waals surface area contributed by atoms with E-state index in [1.165, 1.54) is 12.1 Å². The van der Waals surface area contributed by atoms with Gasteiger partial charge in [-0.1, -0.05) is 24.3 Å². The lowest BCUT2D eigenvalue weighted by atomic mass is 9.96. The summed E-state index contributed by atoms with van der Waals surface area (Å²) in [6, 6.07) is 5.89. The number of halogens is 3. The van der Waals surface area contributed by atoms with Crippen LogP contribution in [0.5, 0.6) is 0 Å². The minimum atomic E-state index is -4.64. The van der Waals surface area contributed by atoms with Crippen molar-refractivity contribution in [1.82, 2.24) is 4.90 Å². The summed E-state index contributed by atoms with van der Waals surface area (Å²) in [6.45, 7) is 1.79. The first-order chi connectivity index (χ1) is 7.75. The Morgan fingerprint density at radius 1 is 1.12 bits per heavy atom. The van der Waals surface area contributed by atoms with E-state index in [1.807, 2.05) is 0 Å². The fraction of sp³-hybridized carbons (Fsp3) is 0.500. The maximum Gasteiger partial charge on any atom is 0.418 e. The molecule has 0 fully saturated rings. The molecule has 0 heterocycles. The van der Waals surface area contributed by atoms with Crippen LogP contribution in [-0.4, -0.2) is 30.3 Å². The number of aliphatic hydroxyl groups excluding tert-OH is 1. The lowest BCUT2D eigenvalue weighted by Gasteiger charge is -2.25. The first-order valence-corrected chi connectivity index (χ1v) is 5.25. The first kappa shape index (κ1) is 14.0. The molecule has 5 heteroatoms. The number of hydrogen-bond donors (Lipinski definition) is 1. The van der Waals surface area contributed by atoms with Crippen molar-refractivity contribution in [3.63, 3.8) is 0 Å². The van der Waals surface area contributed by atoms with Crippen LogP contribution in [0.25, 0.3) is 0 Å².